The molecule has 1 aliphatic rings. The molecule has 106 valence electrons. The highest BCUT2D eigenvalue weighted by Gasteiger charge is 2.21. The number of hydrogen-bond donors (Lipinski definition) is 2. The summed E-state index contributed by atoms with van der Waals surface area (Å²) in [6.45, 7) is 7.72. The lowest BCUT2D eigenvalue weighted by Gasteiger charge is -2.14. The van der Waals surface area contributed by atoms with Gasteiger partial charge in [0.1, 0.15) is 17.6 Å². The van der Waals surface area contributed by atoms with E-state index in [-0.39, 0.29) is 12.2 Å². The van der Waals surface area contributed by atoms with Crippen molar-refractivity contribution in [1.82, 2.24) is 5.32 Å². The molecule has 0 radical (unpaired) electrons. The summed E-state index contributed by atoms with van der Waals surface area (Å²) in [4.78, 5) is 0. The van der Waals surface area contributed by atoms with E-state index in [4.69, 9.17) is 9.47 Å². The average Bonchev–Trinajstić information content (AvgIpc) is 2.68. The largest absolute Gasteiger partial charge is 0.494 e. The van der Waals surface area contributed by atoms with E-state index in [1.807, 2.05) is 6.92 Å². The summed E-state index contributed by atoms with van der Waals surface area (Å²) in [5.74, 6) is 1.88. The first-order valence-electron chi connectivity index (χ1n) is 6.94. The fraction of sp³-hybridized carbons (Fsp3) is 0.600. The highest BCUT2D eigenvalue weighted by Crippen LogP contribution is 2.35. The van der Waals surface area contributed by atoms with Gasteiger partial charge in [0, 0.05) is 30.6 Å². The zero-order valence-electron chi connectivity index (χ0n) is 11.9. The lowest BCUT2D eigenvalue weighted by atomic mass is 10.1. The maximum Gasteiger partial charge on any atom is 0.124 e. The fourth-order valence-corrected chi connectivity index (χ4v) is 2.33. The SMILES string of the molecule is CCOc1cc2c(cc1CNC[C@H](C)O)O[C@H](C)C2. The predicted octanol–water partition coefficient (Wildman–Crippen LogP) is 1.88. The number of hydrogen-bond acceptors (Lipinski definition) is 4. The Morgan fingerprint density at radius 1 is 1.53 bits per heavy atom. The van der Waals surface area contributed by atoms with Crippen molar-refractivity contribution in [2.75, 3.05) is 13.2 Å². The van der Waals surface area contributed by atoms with Crippen molar-refractivity contribution in [3.8, 4) is 11.5 Å². The molecule has 19 heavy (non-hydrogen) atoms. The summed E-state index contributed by atoms with van der Waals surface area (Å²) in [6.07, 6.45) is 0.836. The maximum absolute atomic E-state index is 9.27. The molecular formula is C15H23NO3. The Hall–Kier alpha value is -1.26. The molecule has 2 N–H and O–H groups in total. The van der Waals surface area contributed by atoms with E-state index in [9.17, 15) is 5.11 Å². The molecule has 0 amide bonds. The van der Waals surface area contributed by atoms with Crippen LogP contribution in [0.5, 0.6) is 11.5 Å². The normalized spacial score (nSPS) is 18.8. The molecule has 4 nitrogen and oxygen atoms in total. The molecule has 0 saturated carbocycles. The molecule has 0 spiro atoms. The Labute approximate surface area is 114 Å². The van der Waals surface area contributed by atoms with Crippen molar-refractivity contribution in [2.45, 2.75) is 45.9 Å². The van der Waals surface area contributed by atoms with Crippen LogP contribution >= 0.6 is 0 Å². The van der Waals surface area contributed by atoms with E-state index in [0.717, 1.165) is 23.5 Å². The highest BCUT2D eigenvalue weighted by atomic mass is 16.5. The average molecular weight is 265 g/mol. The predicted molar refractivity (Wildman–Crippen MR) is 74.8 cm³/mol. The maximum atomic E-state index is 9.27. The summed E-state index contributed by atoms with van der Waals surface area (Å²) in [5.41, 5.74) is 2.30. The van der Waals surface area contributed by atoms with Crippen molar-refractivity contribution in [1.29, 1.82) is 0 Å². The van der Waals surface area contributed by atoms with Crippen LogP contribution in [0.1, 0.15) is 31.9 Å². The van der Waals surface area contributed by atoms with Gasteiger partial charge in [-0.15, -0.1) is 0 Å². The van der Waals surface area contributed by atoms with Crippen LogP contribution in [0.4, 0.5) is 0 Å². The topological polar surface area (TPSA) is 50.7 Å². The van der Waals surface area contributed by atoms with Crippen LogP contribution in [-0.2, 0) is 13.0 Å². The standard InChI is InChI=1S/C15H23NO3/c1-4-18-14-6-12-5-11(3)19-15(12)7-13(14)9-16-8-10(2)17/h6-7,10-11,16-17H,4-5,8-9H2,1-3H3/t10-,11+/m0/s1. The van der Waals surface area contributed by atoms with Gasteiger partial charge in [0.25, 0.3) is 0 Å². The summed E-state index contributed by atoms with van der Waals surface area (Å²) in [6, 6.07) is 4.14. The lowest BCUT2D eigenvalue weighted by molar-refractivity contribution is 0.190. The molecule has 0 aromatic heterocycles. The first-order valence-corrected chi connectivity index (χ1v) is 6.94. The fourth-order valence-electron chi connectivity index (χ4n) is 2.33. The second kappa shape index (κ2) is 6.26. The van der Waals surface area contributed by atoms with Crippen molar-refractivity contribution < 1.29 is 14.6 Å². The molecule has 0 aliphatic carbocycles. The number of fused-ring (bicyclic) bond motifs is 1. The van der Waals surface area contributed by atoms with Gasteiger partial charge >= 0.3 is 0 Å². The van der Waals surface area contributed by atoms with Gasteiger partial charge in [-0.05, 0) is 32.9 Å². The molecular weight excluding hydrogens is 242 g/mol. The Morgan fingerprint density at radius 2 is 2.32 bits per heavy atom. The molecule has 2 rings (SSSR count). The number of ether oxygens (including phenoxy) is 2. The summed E-state index contributed by atoms with van der Waals surface area (Å²) in [5, 5.41) is 12.5. The summed E-state index contributed by atoms with van der Waals surface area (Å²) >= 11 is 0. The molecule has 0 bridgehead atoms. The van der Waals surface area contributed by atoms with Gasteiger partial charge in [0.2, 0.25) is 0 Å². The van der Waals surface area contributed by atoms with Crippen LogP contribution < -0.4 is 14.8 Å². The Morgan fingerprint density at radius 3 is 3.00 bits per heavy atom. The number of benzene rings is 1. The Kier molecular flexibility index (Phi) is 4.66. The van der Waals surface area contributed by atoms with Crippen molar-refractivity contribution in [3.05, 3.63) is 23.3 Å². The summed E-state index contributed by atoms with van der Waals surface area (Å²) < 4.78 is 11.5. The first-order chi connectivity index (χ1) is 9.10. The minimum atomic E-state index is -0.346. The van der Waals surface area contributed by atoms with Crippen molar-refractivity contribution in [2.24, 2.45) is 0 Å². The molecule has 1 aromatic rings. The second-order valence-electron chi connectivity index (χ2n) is 5.11. The molecule has 1 heterocycles. The number of nitrogens with one attached hydrogen (secondary N) is 1. The van der Waals surface area contributed by atoms with E-state index < -0.39 is 0 Å². The van der Waals surface area contributed by atoms with E-state index >= 15 is 0 Å². The zero-order chi connectivity index (χ0) is 13.8. The molecule has 0 saturated heterocycles. The van der Waals surface area contributed by atoms with Crippen LogP contribution in [0, 0.1) is 0 Å². The minimum Gasteiger partial charge on any atom is -0.494 e. The molecule has 2 atom stereocenters. The van der Waals surface area contributed by atoms with E-state index in [0.29, 0.717) is 19.7 Å². The van der Waals surface area contributed by atoms with Crippen molar-refractivity contribution >= 4 is 0 Å². The molecule has 1 aliphatic heterocycles. The van der Waals surface area contributed by atoms with Gasteiger partial charge in [-0.25, -0.2) is 0 Å². The first kappa shape index (κ1) is 14.2. The molecule has 1 aromatic carbocycles. The van der Waals surface area contributed by atoms with Gasteiger partial charge in [-0.1, -0.05) is 0 Å². The lowest BCUT2D eigenvalue weighted by Crippen LogP contribution is -2.24. The van der Waals surface area contributed by atoms with Gasteiger partial charge in [-0.3, -0.25) is 0 Å². The molecule has 0 unspecified atom stereocenters. The zero-order valence-corrected chi connectivity index (χ0v) is 11.9. The van der Waals surface area contributed by atoms with E-state index in [1.165, 1.54) is 5.56 Å². The Bertz CT molecular complexity index is 432. The smallest absolute Gasteiger partial charge is 0.124 e. The number of aliphatic hydroxyl groups is 1. The van der Waals surface area contributed by atoms with Gasteiger partial charge in [0.15, 0.2) is 0 Å². The van der Waals surface area contributed by atoms with Crippen molar-refractivity contribution in [3.63, 3.8) is 0 Å². The highest BCUT2D eigenvalue weighted by molar-refractivity contribution is 5.48. The quantitative estimate of drug-likeness (QED) is 0.824. The van der Waals surface area contributed by atoms with Gasteiger partial charge in [-0.2, -0.15) is 0 Å². The van der Waals surface area contributed by atoms with Crippen LogP contribution in [0.15, 0.2) is 12.1 Å². The molecule has 0 fully saturated rings. The van der Waals surface area contributed by atoms with Gasteiger partial charge in [0.05, 0.1) is 12.7 Å². The van der Waals surface area contributed by atoms with Crippen LogP contribution in [0.3, 0.4) is 0 Å². The molecule has 4 heteroatoms. The van der Waals surface area contributed by atoms with E-state index in [2.05, 4.69) is 24.4 Å². The monoisotopic (exact) mass is 265 g/mol. The van der Waals surface area contributed by atoms with Crippen LogP contribution in [0.2, 0.25) is 0 Å². The third kappa shape index (κ3) is 3.61. The summed E-state index contributed by atoms with van der Waals surface area (Å²) in [7, 11) is 0. The van der Waals surface area contributed by atoms with Crippen LogP contribution in [0.25, 0.3) is 0 Å². The Balaban J connectivity index is 2.13. The van der Waals surface area contributed by atoms with E-state index in [1.54, 1.807) is 6.92 Å². The number of aliphatic hydroxyl groups excluding tert-OH is 1. The number of rotatable bonds is 6. The minimum absolute atomic E-state index is 0.241. The van der Waals surface area contributed by atoms with Gasteiger partial charge < -0.3 is 19.9 Å². The second-order valence-corrected chi connectivity index (χ2v) is 5.11. The third-order valence-electron chi connectivity index (χ3n) is 3.13. The third-order valence-corrected chi connectivity index (χ3v) is 3.13. The van der Waals surface area contributed by atoms with Crippen LogP contribution in [-0.4, -0.2) is 30.5 Å².